The molecule has 0 N–H and O–H groups in total. The summed E-state index contributed by atoms with van der Waals surface area (Å²) in [5, 5.41) is 0. The largest absolute Gasteiger partial charge is 0.490 e. The van der Waals surface area contributed by atoms with Gasteiger partial charge in [-0.1, -0.05) is 0 Å². The fraction of sp³-hybridized carbons (Fsp3) is 0.571. The first-order valence-electron chi connectivity index (χ1n) is 3.19. The molecule has 1 rings (SSSR count). The van der Waals surface area contributed by atoms with Crippen LogP contribution in [0.4, 0.5) is 0 Å². The summed E-state index contributed by atoms with van der Waals surface area (Å²) in [7, 11) is 1.49. The predicted molar refractivity (Wildman–Crippen MR) is 35.5 cm³/mol. The molecule has 0 radical (unpaired) electrons. The fourth-order valence-electron chi connectivity index (χ4n) is 0.814. The van der Waals surface area contributed by atoms with Crippen LogP contribution in [0, 0.1) is 0 Å². The van der Waals surface area contributed by atoms with E-state index in [0.717, 1.165) is 6.42 Å². The number of hydrogen-bond acceptors (Lipinski definition) is 3. The highest BCUT2D eigenvalue weighted by Gasteiger charge is 2.13. The van der Waals surface area contributed by atoms with Gasteiger partial charge in [-0.25, -0.2) is 0 Å². The second-order valence-electron chi connectivity index (χ2n) is 2.06. The summed E-state index contributed by atoms with van der Waals surface area (Å²) in [6.07, 6.45) is 2.63. The first kappa shape index (κ1) is 7.28. The summed E-state index contributed by atoms with van der Waals surface area (Å²) in [4.78, 5) is 10.9. The van der Waals surface area contributed by atoms with E-state index in [1.54, 1.807) is 6.08 Å². The van der Waals surface area contributed by atoms with Gasteiger partial charge in [0.15, 0.2) is 5.76 Å². The van der Waals surface area contributed by atoms with Gasteiger partial charge in [-0.3, -0.25) is 4.79 Å². The molecule has 0 aromatic rings. The fourth-order valence-corrected chi connectivity index (χ4v) is 0.814. The molecule has 3 heteroatoms. The van der Waals surface area contributed by atoms with Crippen LogP contribution in [0.3, 0.4) is 0 Å². The molecular weight excluding hydrogens is 132 g/mol. The highest BCUT2D eigenvalue weighted by Crippen LogP contribution is 2.09. The molecule has 0 fully saturated rings. The molecule has 0 saturated heterocycles. The van der Waals surface area contributed by atoms with Crippen LogP contribution in [0.1, 0.15) is 6.42 Å². The van der Waals surface area contributed by atoms with Gasteiger partial charge in [-0.15, -0.1) is 0 Å². The summed E-state index contributed by atoms with van der Waals surface area (Å²) >= 11 is 0. The monoisotopic (exact) mass is 142 g/mol. The van der Waals surface area contributed by atoms with E-state index in [1.807, 2.05) is 0 Å². The van der Waals surface area contributed by atoms with E-state index in [9.17, 15) is 4.79 Å². The van der Waals surface area contributed by atoms with Crippen molar-refractivity contribution in [2.75, 3.05) is 20.3 Å². The zero-order valence-electron chi connectivity index (χ0n) is 5.92. The Kier molecular flexibility index (Phi) is 2.45. The maximum Gasteiger partial charge on any atom is 0.222 e. The van der Waals surface area contributed by atoms with E-state index in [1.165, 1.54) is 7.11 Å². The Hall–Kier alpha value is -0.830. The predicted octanol–water partition coefficient (Wildman–Crippen LogP) is 0.506. The molecule has 0 amide bonds. The van der Waals surface area contributed by atoms with Crippen LogP contribution in [-0.2, 0) is 14.3 Å². The molecule has 1 aliphatic heterocycles. The van der Waals surface area contributed by atoms with Crippen molar-refractivity contribution in [2.24, 2.45) is 0 Å². The van der Waals surface area contributed by atoms with E-state index in [4.69, 9.17) is 4.74 Å². The van der Waals surface area contributed by atoms with E-state index in [-0.39, 0.29) is 12.4 Å². The zero-order valence-corrected chi connectivity index (χ0v) is 5.92. The minimum atomic E-state index is -0.0694. The van der Waals surface area contributed by atoms with Gasteiger partial charge in [0.05, 0.1) is 6.61 Å². The molecule has 1 heterocycles. The lowest BCUT2D eigenvalue weighted by Crippen LogP contribution is -2.09. The molecule has 0 aromatic heterocycles. The first-order valence-corrected chi connectivity index (χ1v) is 3.19. The minimum Gasteiger partial charge on any atom is -0.490 e. The molecule has 0 unspecified atom stereocenters. The smallest absolute Gasteiger partial charge is 0.222 e. The second-order valence-corrected chi connectivity index (χ2v) is 2.06. The molecule has 0 spiro atoms. The van der Waals surface area contributed by atoms with Crippen LogP contribution >= 0.6 is 0 Å². The lowest BCUT2D eigenvalue weighted by molar-refractivity contribution is -0.122. The molecule has 56 valence electrons. The first-order chi connectivity index (χ1) is 4.84. The van der Waals surface area contributed by atoms with Crippen molar-refractivity contribution in [3.8, 4) is 0 Å². The molecule has 0 saturated carbocycles. The summed E-state index contributed by atoms with van der Waals surface area (Å²) < 4.78 is 9.64. The summed E-state index contributed by atoms with van der Waals surface area (Å²) in [6.45, 7) is 0.747. The lowest BCUT2D eigenvalue weighted by atomic mass is 10.3. The Morgan fingerprint density at radius 2 is 2.70 bits per heavy atom. The van der Waals surface area contributed by atoms with Crippen LogP contribution in [0.5, 0.6) is 0 Å². The molecule has 0 aromatic carbocycles. The number of rotatable bonds is 3. The normalized spacial score (nSPS) is 16.3. The average molecular weight is 142 g/mol. The Labute approximate surface area is 59.6 Å². The van der Waals surface area contributed by atoms with Crippen molar-refractivity contribution in [2.45, 2.75) is 6.42 Å². The molecule has 10 heavy (non-hydrogen) atoms. The summed E-state index contributed by atoms with van der Waals surface area (Å²) in [5.74, 6) is 0.391. The van der Waals surface area contributed by atoms with Crippen LogP contribution < -0.4 is 0 Å². The number of ether oxygens (including phenoxy) is 2. The molecular formula is C7H10O3. The number of Topliss-reactive ketones (excluding diaryl/α,β-unsaturated/α-hetero) is 1. The van der Waals surface area contributed by atoms with Gasteiger partial charge in [0, 0.05) is 13.5 Å². The van der Waals surface area contributed by atoms with Crippen molar-refractivity contribution in [3.63, 3.8) is 0 Å². The van der Waals surface area contributed by atoms with Gasteiger partial charge in [0.25, 0.3) is 0 Å². The second kappa shape index (κ2) is 3.37. The number of carbonyl (C=O) groups excluding carboxylic acids is 1. The van der Waals surface area contributed by atoms with Crippen LogP contribution in [0.25, 0.3) is 0 Å². The Morgan fingerprint density at radius 1 is 1.90 bits per heavy atom. The molecule has 0 atom stereocenters. The minimum absolute atomic E-state index is 0.0694. The Bertz CT molecular complexity index is 160. The third-order valence-electron chi connectivity index (χ3n) is 1.26. The standard InChI is InChI=1S/C7H10O3/c1-9-5-6(8)7-3-2-4-10-7/h3H,2,4-5H2,1H3. The number of carbonyl (C=O) groups is 1. The third-order valence-corrected chi connectivity index (χ3v) is 1.26. The SMILES string of the molecule is COCC(=O)C1=CCCO1. The van der Waals surface area contributed by atoms with Crippen molar-refractivity contribution < 1.29 is 14.3 Å². The van der Waals surface area contributed by atoms with Crippen molar-refractivity contribution in [1.29, 1.82) is 0 Å². The Morgan fingerprint density at radius 3 is 3.20 bits per heavy atom. The van der Waals surface area contributed by atoms with Gasteiger partial charge in [0.1, 0.15) is 6.61 Å². The molecule has 1 aliphatic rings. The summed E-state index contributed by atoms with van der Waals surface area (Å²) in [5.41, 5.74) is 0. The van der Waals surface area contributed by atoms with E-state index in [2.05, 4.69) is 4.74 Å². The highest BCUT2D eigenvalue weighted by atomic mass is 16.5. The summed E-state index contributed by atoms with van der Waals surface area (Å²) in [6, 6.07) is 0. The molecule has 3 nitrogen and oxygen atoms in total. The quantitative estimate of drug-likeness (QED) is 0.575. The zero-order chi connectivity index (χ0) is 7.40. The third kappa shape index (κ3) is 1.57. The highest BCUT2D eigenvalue weighted by molar-refractivity contribution is 5.94. The van der Waals surface area contributed by atoms with Crippen LogP contribution in [0.15, 0.2) is 11.8 Å². The van der Waals surface area contributed by atoms with Crippen molar-refractivity contribution >= 4 is 5.78 Å². The van der Waals surface area contributed by atoms with Gasteiger partial charge >= 0.3 is 0 Å². The van der Waals surface area contributed by atoms with E-state index in [0.29, 0.717) is 12.4 Å². The number of ketones is 1. The number of hydrogen-bond donors (Lipinski definition) is 0. The molecule has 0 aliphatic carbocycles. The lowest BCUT2D eigenvalue weighted by Gasteiger charge is -1.99. The maximum absolute atomic E-state index is 10.9. The number of methoxy groups -OCH3 is 1. The average Bonchev–Trinajstić information content (AvgIpc) is 2.38. The van der Waals surface area contributed by atoms with Gasteiger partial charge in [-0.2, -0.15) is 0 Å². The van der Waals surface area contributed by atoms with Crippen LogP contribution in [0.2, 0.25) is 0 Å². The molecule has 0 bridgehead atoms. The topological polar surface area (TPSA) is 35.5 Å². The van der Waals surface area contributed by atoms with Gasteiger partial charge in [-0.05, 0) is 6.08 Å². The van der Waals surface area contributed by atoms with Gasteiger partial charge < -0.3 is 9.47 Å². The van der Waals surface area contributed by atoms with Crippen molar-refractivity contribution in [1.82, 2.24) is 0 Å². The van der Waals surface area contributed by atoms with E-state index >= 15 is 0 Å². The Balaban J connectivity index is 2.40. The van der Waals surface area contributed by atoms with E-state index < -0.39 is 0 Å². The van der Waals surface area contributed by atoms with Crippen LogP contribution in [-0.4, -0.2) is 26.1 Å². The van der Waals surface area contributed by atoms with Gasteiger partial charge in [0.2, 0.25) is 5.78 Å². The van der Waals surface area contributed by atoms with Crippen molar-refractivity contribution in [3.05, 3.63) is 11.8 Å². The maximum atomic E-state index is 10.9.